The molecule has 0 radical (unpaired) electrons. The van der Waals surface area contributed by atoms with Gasteiger partial charge in [0.1, 0.15) is 23.0 Å². The van der Waals surface area contributed by atoms with Crippen LogP contribution in [0.1, 0.15) is 0 Å². The van der Waals surface area contributed by atoms with Crippen LogP contribution >= 0.6 is 0 Å². The quantitative estimate of drug-likeness (QED) is 0.682. The number of ether oxygens (including phenoxy) is 3. The topological polar surface area (TPSA) is 56.8 Å². The van der Waals surface area contributed by atoms with Crippen molar-refractivity contribution in [3.8, 4) is 23.0 Å². The molecule has 0 aliphatic carbocycles. The maximum Gasteiger partial charge on any atom is 0.262 e. The van der Waals surface area contributed by atoms with Gasteiger partial charge < -0.3 is 19.5 Å². The molecule has 0 saturated carbocycles. The smallest absolute Gasteiger partial charge is 0.262 e. The molecule has 0 aromatic heterocycles. The first kappa shape index (κ1) is 17.4. The summed E-state index contributed by atoms with van der Waals surface area (Å²) < 4.78 is 16.5. The van der Waals surface area contributed by atoms with Gasteiger partial charge in [-0.25, -0.2) is 0 Å². The lowest BCUT2D eigenvalue weighted by molar-refractivity contribution is -0.118. The number of hydrogen-bond donors (Lipinski definition) is 1. The van der Waals surface area contributed by atoms with Crippen LogP contribution in [-0.4, -0.2) is 19.6 Å². The monoisotopic (exact) mass is 349 g/mol. The number of benzene rings is 3. The number of anilines is 1. The van der Waals surface area contributed by atoms with E-state index in [-0.39, 0.29) is 12.5 Å². The molecule has 0 aliphatic rings. The average Bonchev–Trinajstić information content (AvgIpc) is 2.68. The lowest BCUT2D eigenvalue weighted by atomic mass is 10.3. The molecule has 0 spiro atoms. The summed E-state index contributed by atoms with van der Waals surface area (Å²) in [7, 11) is 1.56. The number of methoxy groups -OCH3 is 1. The molecule has 1 N–H and O–H groups in total. The largest absolute Gasteiger partial charge is 0.495 e. The minimum Gasteiger partial charge on any atom is -0.495 e. The van der Waals surface area contributed by atoms with E-state index in [1.165, 1.54) is 0 Å². The first-order valence-electron chi connectivity index (χ1n) is 8.13. The number of carbonyl (C=O) groups is 1. The molecule has 132 valence electrons. The Balaban J connectivity index is 1.57. The molecule has 1 amide bonds. The Bertz CT molecular complexity index is 865. The van der Waals surface area contributed by atoms with Crippen LogP contribution in [0.15, 0.2) is 78.9 Å². The molecule has 0 heterocycles. The molecule has 3 rings (SSSR count). The summed E-state index contributed by atoms with van der Waals surface area (Å²) in [6.45, 7) is -0.118. The first-order valence-corrected chi connectivity index (χ1v) is 8.13. The number of hydrogen-bond acceptors (Lipinski definition) is 4. The highest BCUT2D eigenvalue weighted by atomic mass is 16.5. The summed E-state index contributed by atoms with van der Waals surface area (Å²) in [5, 5.41) is 2.77. The van der Waals surface area contributed by atoms with Crippen LogP contribution in [0.5, 0.6) is 23.0 Å². The van der Waals surface area contributed by atoms with E-state index >= 15 is 0 Å². The molecule has 5 heteroatoms. The summed E-state index contributed by atoms with van der Waals surface area (Å²) in [4.78, 5) is 12.1. The van der Waals surface area contributed by atoms with Gasteiger partial charge in [0.15, 0.2) is 6.61 Å². The van der Waals surface area contributed by atoms with Crippen molar-refractivity contribution in [1.82, 2.24) is 0 Å². The molecule has 0 bridgehead atoms. The Kier molecular flexibility index (Phi) is 5.72. The predicted molar refractivity (Wildman–Crippen MR) is 100 cm³/mol. The molecule has 26 heavy (non-hydrogen) atoms. The zero-order chi connectivity index (χ0) is 18.2. The van der Waals surface area contributed by atoms with Gasteiger partial charge in [0.05, 0.1) is 12.8 Å². The van der Waals surface area contributed by atoms with Crippen LogP contribution in [-0.2, 0) is 4.79 Å². The third kappa shape index (κ3) is 4.77. The highest BCUT2D eigenvalue weighted by Gasteiger charge is 2.08. The summed E-state index contributed by atoms with van der Waals surface area (Å²) >= 11 is 0. The first-order chi connectivity index (χ1) is 12.7. The third-order valence-corrected chi connectivity index (χ3v) is 3.54. The lowest BCUT2D eigenvalue weighted by Crippen LogP contribution is -2.20. The summed E-state index contributed by atoms with van der Waals surface area (Å²) in [6, 6.07) is 23.8. The van der Waals surface area contributed by atoms with Crippen LogP contribution in [0.3, 0.4) is 0 Å². The minimum absolute atomic E-state index is 0.118. The molecule has 0 saturated heterocycles. The van der Waals surface area contributed by atoms with Crippen molar-refractivity contribution in [2.24, 2.45) is 0 Å². The van der Waals surface area contributed by atoms with Gasteiger partial charge in [-0.1, -0.05) is 36.4 Å². The van der Waals surface area contributed by atoms with Crippen LogP contribution in [0, 0.1) is 0 Å². The fourth-order valence-electron chi connectivity index (χ4n) is 2.34. The molecule has 3 aromatic rings. The van der Waals surface area contributed by atoms with E-state index in [9.17, 15) is 4.79 Å². The van der Waals surface area contributed by atoms with Gasteiger partial charge in [-0.05, 0) is 36.4 Å². The lowest BCUT2D eigenvalue weighted by Gasteiger charge is -2.11. The van der Waals surface area contributed by atoms with Crippen molar-refractivity contribution in [3.05, 3.63) is 78.9 Å². The van der Waals surface area contributed by atoms with Gasteiger partial charge in [0.2, 0.25) is 0 Å². The normalized spacial score (nSPS) is 10.0. The molecule has 5 nitrogen and oxygen atoms in total. The number of carbonyl (C=O) groups excluding carboxylic acids is 1. The van der Waals surface area contributed by atoms with Gasteiger partial charge in [-0.15, -0.1) is 0 Å². The van der Waals surface area contributed by atoms with E-state index in [4.69, 9.17) is 14.2 Å². The van der Waals surface area contributed by atoms with Crippen molar-refractivity contribution in [1.29, 1.82) is 0 Å². The Labute approximate surface area is 152 Å². The van der Waals surface area contributed by atoms with Crippen LogP contribution in [0.25, 0.3) is 0 Å². The Hall–Kier alpha value is -3.47. The molecule has 0 atom stereocenters. The molecule has 0 unspecified atom stereocenters. The van der Waals surface area contributed by atoms with Gasteiger partial charge in [0.25, 0.3) is 5.91 Å². The van der Waals surface area contributed by atoms with Crippen molar-refractivity contribution in [2.75, 3.05) is 19.0 Å². The second-order valence-corrected chi connectivity index (χ2v) is 5.43. The van der Waals surface area contributed by atoms with Crippen LogP contribution in [0.4, 0.5) is 5.69 Å². The summed E-state index contributed by atoms with van der Waals surface area (Å²) in [5.41, 5.74) is 0.602. The number of nitrogens with one attached hydrogen (secondary N) is 1. The van der Waals surface area contributed by atoms with Gasteiger partial charge in [-0.3, -0.25) is 4.79 Å². The van der Waals surface area contributed by atoms with Crippen LogP contribution in [0.2, 0.25) is 0 Å². The molecule has 0 fully saturated rings. The average molecular weight is 349 g/mol. The fourth-order valence-corrected chi connectivity index (χ4v) is 2.34. The Morgan fingerprint density at radius 3 is 2.35 bits per heavy atom. The van der Waals surface area contributed by atoms with Gasteiger partial charge >= 0.3 is 0 Å². The van der Waals surface area contributed by atoms with Crippen LogP contribution < -0.4 is 19.5 Å². The number of amides is 1. The van der Waals surface area contributed by atoms with E-state index in [1.807, 2.05) is 54.6 Å². The second kappa shape index (κ2) is 8.58. The number of rotatable bonds is 7. The van der Waals surface area contributed by atoms with Gasteiger partial charge in [-0.2, -0.15) is 0 Å². The zero-order valence-corrected chi connectivity index (χ0v) is 14.3. The molecule has 0 aliphatic heterocycles. The Morgan fingerprint density at radius 2 is 1.54 bits per heavy atom. The molecular formula is C21H19NO4. The van der Waals surface area contributed by atoms with Crippen molar-refractivity contribution < 1.29 is 19.0 Å². The Morgan fingerprint density at radius 1 is 0.846 bits per heavy atom. The maximum absolute atomic E-state index is 12.1. The maximum atomic E-state index is 12.1. The predicted octanol–water partition coefficient (Wildman–Crippen LogP) is 4.51. The highest BCUT2D eigenvalue weighted by Crippen LogP contribution is 2.25. The van der Waals surface area contributed by atoms with E-state index in [1.54, 1.807) is 31.4 Å². The van der Waals surface area contributed by atoms with E-state index in [2.05, 4.69) is 5.32 Å². The van der Waals surface area contributed by atoms with Gasteiger partial charge in [0, 0.05) is 6.07 Å². The van der Waals surface area contributed by atoms with Crippen molar-refractivity contribution >= 4 is 11.6 Å². The summed E-state index contributed by atoms with van der Waals surface area (Å²) in [6.07, 6.45) is 0. The summed E-state index contributed by atoms with van der Waals surface area (Å²) in [5.74, 6) is 2.24. The standard InChI is InChI=1S/C21H19NO4/c1-24-20-13-6-5-12-19(20)22-21(23)15-25-17-10-7-11-18(14-17)26-16-8-3-2-4-9-16/h2-14H,15H2,1H3,(H,22,23). The van der Waals surface area contributed by atoms with Crippen molar-refractivity contribution in [3.63, 3.8) is 0 Å². The van der Waals surface area contributed by atoms with Crippen molar-refractivity contribution in [2.45, 2.75) is 0 Å². The van der Waals surface area contributed by atoms with E-state index in [0.717, 1.165) is 5.75 Å². The highest BCUT2D eigenvalue weighted by molar-refractivity contribution is 5.93. The third-order valence-electron chi connectivity index (χ3n) is 3.54. The minimum atomic E-state index is -0.274. The fraction of sp³-hybridized carbons (Fsp3) is 0.0952. The molecule has 3 aromatic carbocycles. The zero-order valence-electron chi connectivity index (χ0n) is 14.3. The van der Waals surface area contributed by atoms with E-state index in [0.29, 0.717) is 22.9 Å². The number of para-hydroxylation sites is 3. The SMILES string of the molecule is COc1ccccc1NC(=O)COc1cccc(Oc2ccccc2)c1. The van der Waals surface area contributed by atoms with E-state index < -0.39 is 0 Å². The molecular weight excluding hydrogens is 330 g/mol. The second-order valence-electron chi connectivity index (χ2n) is 5.43.